The third-order valence-corrected chi connectivity index (χ3v) is 5.56. The summed E-state index contributed by atoms with van der Waals surface area (Å²) in [6.45, 7) is 1.08. The number of carbonyl (C=O) groups is 1. The first-order valence-corrected chi connectivity index (χ1v) is 10.2. The van der Waals surface area contributed by atoms with Crippen molar-refractivity contribution in [2.75, 3.05) is 31.6 Å². The summed E-state index contributed by atoms with van der Waals surface area (Å²) in [5.74, 6) is -0.0469. The molecule has 0 aliphatic rings. The molecule has 0 aliphatic carbocycles. The summed E-state index contributed by atoms with van der Waals surface area (Å²) in [4.78, 5) is 26.6. The Bertz CT molecular complexity index is 1030. The highest BCUT2D eigenvalue weighted by atomic mass is 32.2. The van der Waals surface area contributed by atoms with Crippen LogP contribution in [0.3, 0.4) is 0 Å². The number of nitrogens with one attached hydrogen (secondary N) is 1. The van der Waals surface area contributed by atoms with Crippen LogP contribution in [-0.2, 0) is 14.3 Å². The van der Waals surface area contributed by atoms with Crippen LogP contribution < -0.4 is 5.32 Å². The van der Waals surface area contributed by atoms with Crippen molar-refractivity contribution in [3.05, 3.63) is 52.3 Å². The van der Waals surface area contributed by atoms with Gasteiger partial charge in [-0.15, -0.1) is 11.3 Å². The number of anilines is 1. The van der Waals surface area contributed by atoms with Gasteiger partial charge in [-0.1, -0.05) is 11.8 Å². The number of fused-ring (bicyclic) bond motifs is 1. The lowest BCUT2D eigenvalue weighted by atomic mass is 10.3. The quantitative estimate of drug-likeness (QED) is 0.126. The second kappa shape index (κ2) is 10.2. The monoisotopic (exact) mass is 435 g/mol. The van der Waals surface area contributed by atoms with E-state index in [4.69, 9.17) is 13.9 Å². The highest BCUT2D eigenvalue weighted by Gasteiger charge is 2.10. The number of amides is 1. The number of methoxy groups -OCH3 is 1. The molecule has 3 aromatic rings. The molecule has 0 saturated heterocycles. The summed E-state index contributed by atoms with van der Waals surface area (Å²) < 4.78 is 17.1. The molecule has 0 unspecified atom stereocenters. The van der Waals surface area contributed by atoms with Gasteiger partial charge in [0.15, 0.2) is 4.34 Å². The van der Waals surface area contributed by atoms with Gasteiger partial charge in [0.25, 0.3) is 0 Å². The van der Waals surface area contributed by atoms with Crippen LogP contribution in [0.15, 0.2) is 45.2 Å². The van der Waals surface area contributed by atoms with Crippen molar-refractivity contribution in [3.8, 4) is 0 Å². The van der Waals surface area contributed by atoms with E-state index >= 15 is 0 Å². The van der Waals surface area contributed by atoms with Crippen LogP contribution in [0.5, 0.6) is 0 Å². The van der Waals surface area contributed by atoms with Gasteiger partial charge in [0, 0.05) is 18.9 Å². The Morgan fingerprint density at radius 1 is 1.38 bits per heavy atom. The van der Waals surface area contributed by atoms with Crippen LogP contribution in [0.25, 0.3) is 16.3 Å². The van der Waals surface area contributed by atoms with Crippen LogP contribution in [0.2, 0.25) is 0 Å². The van der Waals surface area contributed by atoms with Crippen LogP contribution >= 0.6 is 23.1 Å². The van der Waals surface area contributed by atoms with Crippen LogP contribution in [-0.4, -0.2) is 42.1 Å². The lowest BCUT2D eigenvalue weighted by Gasteiger charge is -2.01. The number of benzene rings is 1. The van der Waals surface area contributed by atoms with E-state index in [0.29, 0.717) is 24.8 Å². The minimum atomic E-state index is -0.639. The van der Waals surface area contributed by atoms with Crippen molar-refractivity contribution in [1.82, 2.24) is 4.98 Å². The average Bonchev–Trinajstić information content (AvgIpc) is 3.32. The van der Waals surface area contributed by atoms with Gasteiger partial charge in [-0.2, -0.15) is 0 Å². The number of thioether (sulfide) groups is 1. The van der Waals surface area contributed by atoms with Gasteiger partial charge in [0.1, 0.15) is 10.7 Å². The zero-order chi connectivity index (χ0) is 20.6. The van der Waals surface area contributed by atoms with E-state index in [1.165, 1.54) is 47.4 Å². The van der Waals surface area contributed by atoms with E-state index in [-0.39, 0.29) is 17.6 Å². The zero-order valence-electron chi connectivity index (χ0n) is 15.3. The summed E-state index contributed by atoms with van der Waals surface area (Å²) >= 11 is 3.01. The number of hydrogen-bond acceptors (Lipinski definition) is 9. The maximum atomic E-state index is 12.1. The molecule has 0 spiro atoms. The van der Waals surface area contributed by atoms with Crippen LogP contribution in [0, 0.1) is 10.1 Å². The summed E-state index contributed by atoms with van der Waals surface area (Å²) in [5, 5.41) is 13.3. The first-order valence-electron chi connectivity index (χ1n) is 8.38. The minimum Gasteiger partial charge on any atom is -0.401 e. The molecule has 0 bridgehead atoms. The van der Waals surface area contributed by atoms with Crippen molar-refractivity contribution in [2.24, 2.45) is 0 Å². The van der Waals surface area contributed by atoms with E-state index in [0.717, 1.165) is 14.6 Å². The highest BCUT2D eigenvalue weighted by molar-refractivity contribution is 8.01. The van der Waals surface area contributed by atoms with Gasteiger partial charge in [-0.05, 0) is 30.3 Å². The molecule has 0 atom stereocenters. The highest BCUT2D eigenvalue weighted by Crippen LogP contribution is 2.31. The normalized spacial score (nSPS) is 11.3. The topological polar surface area (TPSA) is 117 Å². The van der Waals surface area contributed by atoms with Gasteiger partial charge in [0.05, 0.1) is 35.4 Å². The van der Waals surface area contributed by atoms with E-state index < -0.39 is 4.92 Å². The van der Waals surface area contributed by atoms with E-state index in [1.807, 2.05) is 12.1 Å². The van der Waals surface area contributed by atoms with Crippen LogP contribution in [0.4, 0.5) is 11.6 Å². The number of ether oxygens (including phenoxy) is 2. The molecule has 0 saturated carbocycles. The molecule has 1 amide bonds. The molecule has 0 aliphatic heterocycles. The Morgan fingerprint density at radius 3 is 3.00 bits per heavy atom. The number of rotatable bonds is 10. The lowest BCUT2D eigenvalue weighted by Crippen LogP contribution is -2.07. The van der Waals surface area contributed by atoms with Gasteiger partial charge < -0.3 is 19.2 Å². The van der Waals surface area contributed by atoms with Crippen molar-refractivity contribution < 1.29 is 23.6 Å². The number of nitro groups is 1. The fourth-order valence-corrected chi connectivity index (χ4v) is 4.06. The smallest absolute Gasteiger partial charge is 0.401 e. The van der Waals surface area contributed by atoms with E-state index in [2.05, 4.69) is 10.3 Å². The molecule has 152 valence electrons. The maximum absolute atomic E-state index is 12.1. The number of nitrogens with zero attached hydrogens (tertiary/aromatic N) is 2. The molecule has 9 nitrogen and oxygen atoms in total. The average molecular weight is 435 g/mol. The van der Waals surface area contributed by atoms with Crippen molar-refractivity contribution in [3.63, 3.8) is 0 Å². The number of thiazole rings is 1. The second-order valence-electron chi connectivity index (χ2n) is 5.58. The number of carbonyl (C=O) groups excluding carboxylic acids is 1. The molecular formula is C18H17N3O6S2. The molecule has 2 heterocycles. The molecule has 0 radical (unpaired) electrons. The first-order chi connectivity index (χ1) is 14.0. The molecule has 3 rings (SSSR count). The van der Waals surface area contributed by atoms with Gasteiger partial charge in [-0.3, -0.25) is 14.9 Å². The largest absolute Gasteiger partial charge is 0.433 e. The summed E-state index contributed by atoms with van der Waals surface area (Å²) in [6.07, 6.45) is 2.62. The van der Waals surface area contributed by atoms with Crippen LogP contribution in [0.1, 0.15) is 5.76 Å². The lowest BCUT2D eigenvalue weighted by molar-refractivity contribution is -0.402. The number of furan rings is 1. The summed E-state index contributed by atoms with van der Waals surface area (Å²) in [6, 6.07) is 8.08. The van der Waals surface area contributed by atoms with E-state index in [9.17, 15) is 14.9 Å². The van der Waals surface area contributed by atoms with Crippen molar-refractivity contribution >= 4 is 56.9 Å². The minimum absolute atomic E-state index is 0.221. The standard InChI is InChI=1S/C18H17N3O6S2/c1-25-8-9-26-11-28-18-20-14-5-2-12(10-15(14)29-18)19-16(22)6-3-13-4-7-17(27-13)21(23)24/h2-7,10H,8-9,11H2,1H3,(H,19,22). The summed E-state index contributed by atoms with van der Waals surface area (Å²) in [5.41, 5.74) is 1.46. The Balaban J connectivity index is 1.57. The predicted octanol–water partition coefficient (Wildman–Crippen LogP) is 4.16. The predicted molar refractivity (Wildman–Crippen MR) is 111 cm³/mol. The second-order valence-corrected chi connectivity index (χ2v) is 7.78. The molecule has 1 aromatic carbocycles. The zero-order valence-corrected chi connectivity index (χ0v) is 17.0. The Morgan fingerprint density at radius 2 is 2.24 bits per heavy atom. The molecule has 0 fully saturated rings. The number of hydrogen-bond donors (Lipinski definition) is 1. The fraction of sp³-hybridized carbons (Fsp3) is 0.222. The molecule has 11 heteroatoms. The van der Waals surface area contributed by atoms with E-state index in [1.54, 1.807) is 13.2 Å². The first kappa shape index (κ1) is 21.0. The third kappa shape index (κ3) is 6.12. The molecule has 29 heavy (non-hydrogen) atoms. The Labute approximate surface area is 173 Å². The Kier molecular flexibility index (Phi) is 7.36. The van der Waals surface area contributed by atoms with Gasteiger partial charge in [0.2, 0.25) is 5.91 Å². The maximum Gasteiger partial charge on any atom is 0.433 e. The molecule has 2 aromatic heterocycles. The molecular weight excluding hydrogens is 418 g/mol. The number of aromatic nitrogens is 1. The van der Waals surface area contributed by atoms with Crippen molar-refractivity contribution in [2.45, 2.75) is 4.34 Å². The summed E-state index contributed by atoms with van der Waals surface area (Å²) in [7, 11) is 1.62. The van der Waals surface area contributed by atoms with Crippen molar-refractivity contribution in [1.29, 1.82) is 0 Å². The third-order valence-electron chi connectivity index (χ3n) is 3.53. The van der Waals surface area contributed by atoms with Gasteiger partial charge in [-0.25, -0.2) is 4.98 Å². The SMILES string of the molecule is COCCOCSc1nc2ccc(NC(=O)C=Cc3ccc([N+](=O)[O-])o3)cc2s1. The Hall–Kier alpha value is -2.73. The van der Waals surface area contributed by atoms with Gasteiger partial charge >= 0.3 is 5.88 Å². The fourth-order valence-electron chi connectivity index (χ4n) is 2.21. The molecule has 1 N–H and O–H groups in total.